The lowest BCUT2D eigenvalue weighted by atomic mass is 9.93. The van der Waals surface area contributed by atoms with Gasteiger partial charge in [-0.2, -0.15) is 0 Å². The summed E-state index contributed by atoms with van der Waals surface area (Å²) in [4.78, 5) is 0. The predicted molar refractivity (Wildman–Crippen MR) is 59.0 cm³/mol. The van der Waals surface area contributed by atoms with Crippen molar-refractivity contribution in [2.75, 3.05) is 6.54 Å². The second-order valence-corrected chi connectivity index (χ2v) is 4.88. The van der Waals surface area contributed by atoms with Crippen molar-refractivity contribution in [1.29, 1.82) is 0 Å². The SMILES string of the molecule is CC1(F)CCNC1c1ccc(Br)cc1. The smallest absolute Gasteiger partial charge is 0.128 e. The molecule has 1 saturated heterocycles. The minimum absolute atomic E-state index is 0.157. The molecule has 0 aliphatic carbocycles. The summed E-state index contributed by atoms with van der Waals surface area (Å²) in [5.74, 6) is 0. The van der Waals surface area contributed by atoms with Gasteiger partial charge in [-0.3, -0.25) is 0 Å². The molecule has 3 heteroatoms. The molecule has 1 aromatic carbocycles. The topological polar surface area (TPSA) is 12.0 Å². The average molecular weight is 258 g/mol. The van der Waals surface area contributed by atoms with E-state index in [-0.39, 0.29) is 6.04 Å². The van der Waals surface area contributed by atoms with Crippen LogP contribution in [0.3, 0.4) is 0 Å². The Bertz CT molecular complexity index is 321. The Kier molecular flexibility index (Phi) is 2.62. The lowest BCUT2D eigenvalue weighted by Crippen LogP contribution is -2.27. The molecule has 2 rings (SSSR count). The van der Waals surface area contributed by atoms with Crippen LogP contribution in [-0.2, 0) is 0 Å². The summed E-state index contributed by atoms with van der Waals surface area (Å²) in [6.07, 6.45) is 0.591. The Morgan fingerprint density at radius 2 is 2.07 bits per heavy atom. The summed E-state index contributed by atoms with van der Waals surface area (Å²) in [5.41, 5.74) is -0.0934. The molecule has 1 N–H and O–H groups in total. The van der Waals surface area contributed by atoms with Gasteiger partial charge in [0.2, 0.25) is 0 Å². The van der Waals surface area contributed by atoms with Crippen molar-refractivity contribution >= 4 is 15.9 Å². The van der Waals surface area contributed by atoms with E-state index in [4.69, 9.17) is 0 Å². The van der Waals surface area contributed by atoms with Gasteiger partial charge in [-0.15, -0.1) is 0 Å². The minimum atomic E-state index is -1.12. The standard InChI is InChI=1S/C11H13BrFN/c1-11(13)6-7-14-10(11)8-2-4-9(12)5-3-8/h2-5,10,14H,6-7H2,1H3. The van der Waals surface area contributed by atoms with E-state index in [0.717, 1.165) is 16.6 Å². The highest BCUT2D eigenvalue weighted by Crippen LogP contribution is 2.36. The van der Waals surface area contributed by atoms with Gasteiger partial charge in [0.1, 0.15) is 5.67 Å². The first-order chi connectivity index (χ1) is 6.59. The Labute approximate surface area is 91.8 Å². The molecule has 0 aromatic heterocycles. The largest absolute Gasteiger partial charge is 0.307 e. The molecular formula is C11H13BrFN. The molecule has 14 heavy (non-hydrogen) atoms. The molecule has 0 amide bonds. The highest BCUT2D eigenvalue weighted by molar-refractivity contribution is 9.10. The maximum Gasteiger partial charge on any atom is 0.128 e. The van der Waals surface area contributed by atoms with Crippen LogP contribution in [0.15, 0.2) is 28.7 Å². The van der Waals surface area contributed by atoms with Crippen molar-refractivity contribution in [3.8, 4) is 0 Å². The van der Waals surface area contributed by atoms with Crippen LogP contribution in [0.5, 0.6) is 0 Å². The van der Waals surface area contributed by atoms with Crippen molar-refractivity contribution in [2.24, 2.45) is 0 Å². The molecular weight excluding hydrogens is 245 g/mol. The van der Waals surface area contributed by atoms with E-state index in [0.29, 0.717) is 6.42 Å². The molecule has 1 fully saturated rings. The van der Waals surface area contributed by atoms with Gasteiger partial charge < -0.3 is 5.32 Å². The lowest BCUT2D eigenvalue weighted by Gasteiger charge is -2.22. The van der Waals surface area contributed by atoms with E-state index in [9.17, 15) is 4.39 Å². The van der Waals surface area contributed by atoms with E-state index in [1.54, 1.807) is 6.92 Å². The van der Waals surface area contributed by atoms with Crippen molar-refractivity contribution in [2.45, 2.75) is 25.1 Å². The maximum atomic E-state index is 14.0. The molecule has 1 nitrogen and oxygen atoms in total. The first kappa shape index (κ1) is 10.1. The van der Waals surface area contributed by atoms with Gasteiger partial charge in [0.15, 0.2) is 0 Å². The number of halogens is 2. The van der Waals surface area contributed by atoms with E-state index in [1.807, 2.05) is 24.3 Å². The lowest BCUT2D eigenvalue weighted by molar-refractivity contribution is 0.168. The molecule has 1 heterocycles. The molecule has 1 aliphatic heterocycles. The van der Waals surface area contributed by atoms with E-state index >= 15 is 0 Å². The summed E-state index contributed by atoms with van der Waals surface area (Å²) in [6.45, 7) is 2.42. The summed E-state index contributed by atoms with van der Waals surface area (Å²) >= 11 is 3.37. The molecule has 0 saturated carbocycles. The van der Waals surface area contributed by atoms with Gasteiger partial charge in [-0.05, 0) is 37.6 Å². The third-order valence-electron chi connectivity index (χ3n) is 2.77. The summed E-state index contributed by atoms with van der Waals surface area (Å²) in [5, 5.41) is 3.19. The van der Waals surface area contributed by atoms with Gasteiger partial charge in [-0.1, -0.05) is 28.1 Å². The second kappa shape index (κ2) is 3.63. The van der Waals surface area contributed by atoms with Crippen LogP contribution in [0.4, 0.5) is 4.39 Å². The number of hydrogen-bond acceptors (Lipinski definition) is 1. The predicted octanol–water partition coefficient (Wildman–Crippen LogP) is 3.21. The fraction of sp³-hybridized carbons (Fsp3) is 0.455. The zero-order valence-corrected chi connectivity index (χ0v) is 9.64. The van der Waals surface area contributed by atoms with E-state index < -0.39 is 5.67 Å². The van der Waals surface area contributed by atoms with Crippen LogP contribution in [0.2, 0.25) is 0 Å². The quantitative estimate of drug-likeness (QED) is 0.815. The normalized spacial score (nSPS) is 32.1. The molecule has 2 atom stereocenters. The molecule has 1 aliphatic rings. The van der Waals surface area contributed by atoms with Crippen molar-refractivity contribution < 1.29 is 4.39 Å². The average Bonchev–Trinajstić information content (AvgIpc) is 2.47. The van der Waals surface area contributed by atoms with Gasteiger partial charge >= 0.3 is 0 Å². The fourth-order valence-electron chi connectivity index (χ4n) is 1.94. The number of rotatable bonds is 1. The van der Waals surface area contributed by atoms with Crippen LogP contribution in [0.1, 0.15) is 24.9 Å². The van der Waals surface area contributed by atoms with Crippen molar-refractivity contribution in [1.82, 2.24) is 5.32 Å². The third kappa shape index (κ3) is 1.84. The van der Waals surface area contributed by atoms with Crippen LogP contribution in [0, 0.1) is 0 Å². The number of nitrogens with one attached hydrogen (secondary N) is 1. The van der Waals surface area contributed by atoms with Gasteiger partial charge in [-0.25, -0.2) is 4.39 Å². The van der Waals surface area contributed by atoms with Crippen LogP contribution < -0.4 is 5.32 Å². The fourth-order valence-corrected chi connectivity index (χ4v) is 2.20. The number of benzene rings is 1. The number of alkyl halides is 1. The molecule has 0 bridgehead atoms. The first-order valence-corrected chi connectivity index (χ1v) is 5.57. The Hall–Kier alpha value is -0.410. The molecule has 0 radical (unpaired) electrons. The summed E-state index contributed by atoms with van der Waals surface area (Å²) in [7, 11) is 0. The van der Waals surface area contributed by atoms with Crippen LogP contribution in [-0.4, -0.2) is 12.2 Å². The highest BCUT2D eigenvalue weighted by Gasteiger charge is 2.39. The monoisotopic (exact) mass is 257 g/mol. The van der Waals surface area contributed by atoms with Gasteiger partial charge in [0, 0.05) is 4.47 Å². The highest BCUT2D eigenvalue weighted by atomic mass is 79.9. The molecule has 76 valence electrons. The van der Waals surface area contributed by atoms with Crippen LogP contribution in [0.25, 0.3) is 0 Å². The van der Waals surface area contributed by atoms with Crippen molar-refractivity contribution in [3.05, 3.63) is 34.3 Å². The molecule has 0 spiro atoms. The van der Waals surface area contributed by atoms with Crippen LogP contribution >= 0.6 is 15.9 Å². The van der Waals surface area contributed by atoms with Gasteiger partial charge in [0.25, 0.3) is 0 Å². The summed E-state index contributed by atoms with van der Waals surface area (Å²) < 4.78 is 15.0. The maximum absolute atomic E-state index is 14.0. The first-order valence-electron chi connectivity index (χ1n) is 4.77. The molecule has 1 aromatic rings. The Balaban J connectivity index is 2.27. The van der Waals surface area contributed by atoms with E-state index in [2.05, 4.69) is 21.2 Å². The zero-order chi connectivity index (χ0) is 10.2. The second-order valence-electron chi connectivity index (χ2n) is 3.97. The Morgan fingerprint density at radius 3 is 2.57 bits per heavy atom. The zero-order valence-electron chi connectivity index (χ0n) is 8.06. The molecule has 2 unspecified atom stereocenters. The van der Waals surface area contributed by atoms with Gasteiger partial charge in [0.05, 0.1) is 6.04 Å². The minimum Gasteiger partial charge on any atom is -0.307 e. The number of hydrogen-bond donors (Lipinski definition) is 1. The third-order valence-corrected chi connectivity index (χ3v) is 3.30. The van der Waals surface area contributed by atoms with Crippen molar-refractivity contribution in [3.63, 3.8) is 0 Å². The summed E-state index contributed by atoms with van der Waals surface area (Å²) in [6, 6.07) is 7.67. The van der Waals surface area contributed by atoms with E-state index in [1.165, 1.54) is 0 Å². The Morgan fingerprint density at radius 1 is 1.43 bits per heavy atom.